The van der Waals surface area contributed by atoms with Gasteiger partial charge in [0.15, 0.2) is 5.75 Å². The maximum atomic E-state index is 10.8. The minimum atomic E-state index is -0.301. The van der Waals surface area contributed by atoms with Crippen molar-refractivity contribution in [1.29, 1.82) is 0 Å². The molecular weight excluding hydrogens is 204 g/mol. The van der Waals surface area contributed by atoms with Gasteiger partial charge in [0.25, 0.3) is 0 Å². The summed E-state index contributed by atoms with van der Waals surface area (Å²) in [4.78, 5) is 21.5. The van der Waals surface area contributed by atoms with E-state index in [1.807, 2.05) is 0 Å². The molecule has 0 aliphatic carbocycles. The first-order valence-corrected chi connectivity index (χ1v) is 4.74. The van der Waals surface area contributed by atoms with Gasteiger partial charge in [0, 0.05) is 19.2 Å². The summed E-state index contributed by atoms with van der Waals surface area (Å²) in [6.07, 6.45) is 0. The molecule has 1 heterocycles. The molecular formula is C8H10N2O3S. The number of carbonyl (C=O) groups is 2. The van der Waals surface area contributed by atoms with Crippen molar-refractivity contribution in [2.24, 2.45) is 0 Å². The highest BCUT2D eigenvalue weighted by molar-refractivity contribution is 7.15. The first kappa shape index (κ1) is 10.5. The van der Waals surface area contributed by atoms with Gasteiger partial charge in [-0.25, -0.2) is 0 Å². The Balaban J connectivity index is 2.93. The summed E-state index contributed by atoms with van der Waals surface area (Å²) in [5.41, 5.74) is 0.248. The predicted molar refractivity (Wildman–Crippen MR) is 54.6 cm³/mol. The van der Waals surface area contributed by atoms with Crippen LogP contribution < -0.4 is 10.6 Å². The van der Waals surface area contributed by atoms with Crippen LogP contribution in [0, 0.1) is 0 Å². The largest absolute Gasteiger partial charge is 0.505 e. The number of hydrogen-bond donors (Lipinski definition) is 3. The lowest BCUT2D eigenvalue weighted by atomic mass is 10.4. The van der Waals surface area contributed by atoms with E-state index in [4.69, 9.17) is 0 Å². The number of aromatic hydroxyl groups is 1. The maximum Gasteiger partial charge on any atom is 0.221 e. The summed E-state index contributed by atoms with van der Waals surface area (Å²) in [7, 11) is 0. The lowest BCUT2D eigenvalue weighted by molar-refractivity contribution is -0.115. The molecule has 76 valence electrons. The minimum Gasteiger partial charge on any atom is -0.505 e. The van der Waals surface area contributed by atoms with Gasteiger partial charge in [-0.1, -0.05) is 0 Å². The predicted octanol–water partition coefficient (Wildman–Crippen LogP) is 1.37. The molecule has 1 rings (SSSR count). The van der Waals surface area contributed by atoms with E-state index < -0.39 is 0 Å². The van der Waals surface area contributed by atoms with Crippen molar-refractivity contribution < 1.29 is 14.7 Å². The summed E-state index contributed by atoms with van der Waals surface area (Å²) in [6, 6.07) is 0. The average Bonchev–Trinajstić information content (AvgIpc) is 2.34. The molecule has 3 N–H and O–H groups in total. The normalized spacial score (nSPS) is 9.57. The van der Waals surface area contributed by atoms with Gasteiger partial charge < -0.3 is 15.7 Å². The summed E-state index contributed by atoms with van der Waals surface area (Å²) < 4.78 is 0. The van der Waals surface area contributed by atoms with Gasteiger partial charge in [-0.3, -0.25) is 9.59 Å². The number of rotatable bonds is 2. The molecule has 14 heavy (non-hydrogen) atoms. The van der Waals surface area contributed by atoms with Crippen LogP contribution in [0.2, 0.25) is 0 Å². The van der Waals surface area contributed by atoms with Crippen molar-refractivity contribution in [3.8, 4) is 5.75 Å². The van der Waals surface area contributed by atoms with Crippen molar-refractivity contribution >= 4 is 33.8 Å². The Kier molecular flexibility index (Phi) is 3.08. The molecule has 0 saturated heterocycles. The highest BCUT2D eigenvalue weighted by Gasteiger charge is 2.12. The van der Waals surface area contributed by atoms with Crippen LogP contribution in [0.1, 0.15) is 13.8 Å². The zero-order valence-corrected chi connectivity index (χ0v) is 8.57. The third-order valence-electron chi connectivity index (χ3n) is 1.36. The lowest BCUT2D eigenvalue weighted by Gasteiger charge is -2.04. The molecule has 0 radical (unpaired) electrons. The third kappa shape index (κ3) is 2.46. The van der Waals surface area contributed by atoms with Crippen LogP contribution in [0.4, 0.5) is 10.7 Å². The fourth-order valence-corrected chi connectivity index (χ4v) is 1.72. The van der Waals surface area contributed by atoms with E-state index in [0.717, 1.165) is 11.3 Å². The van der Waals surface area contributed by atoms with Gasteiger partial charge in [-0.2, -0.15) is 0 Å². The van der Waals surface area contributed by atoms with E-state index in [1.54, 1.807) is 0 Å². The highest BCUT2D eigenvalue weighted by Crippen LogP contribution is 2.38. The van der Waals surface area contributed by atoms with E-state index in [2.05, 4.69) is 10.6 Å². The van der Waals surface area contributed by atoms with Gasteiger partial charge in [0.05, 0.1) is 0 Å². The monoisotopic (exact) mass is 214 g/mol. The van der Waals surface area contributed by atoms with Crippen LogP contribution in [0.25, 0.3) is 0 Å². The van der Waals surface area contributed by atoms with Crippen molar-refractivity contribution in [3.05, 3.63) is 5.38 Å². The molecule has 0 aliphatic heterocycles. The first-order valence-electron chi connectivity index (χ1n) is 3.86. The number of hydrogen-bond acceptors (Lipinski definition) is 4. The smallest absolute Gasteiger partial charge is 0.221 e. The van der Waals surface area contributed by atoms with E-state index >= 15 is 0 Å². The molecule has 5 nitrogen and oxygen atoms in total. The zero-order valence-electron chi connectivity index (χ0n) is 7.75. The van der Waals surface area contributed by atoms with E-state index in [9.17, 15) is 14.7 Å². The Morgan fingerprint density at radius 1 is 1.29 bits per heavy atom. The summed E-state index contributed by atoms with van der Waals surface area (Å²) in [5, 5.41) is 16.2. The Morgan fingerprint density at radius 3 is 2.36 bits per heavy atom. The second-order valence-electron chi connectivity index (χ2n) is 2.69. The van der Waals surface area contributed by atoms with Gasteiger partial charge in [0.1, 0.15) is 10.7 Å². The second-order valence-corrected chi connectivity index (χ2v) is 3.57. The Hall–Kier alpha value is -1.56. The SMILES string of the molecule is CC(=O)Nc1scc(O)c1NC(C)=O. The van der Waals surface area contributed by atoms with Crippen LogP contribution in [-0.2, 0) is 9.59 Å². The van der Waals surface area contributed by atoms with Crippen molar-refractivity contribution in [3.63, 3.8) is 0 Å². The molecule has 0 spiro atoms. The summed E-state index contributed by atoms with van der Waals surface area (Å²) >= 11 is 1.15. The lowest BCUT2D eigenvalue weighted by Crippen LogP contribution is -2.10. The van der Waals surface area contributed by atoms with Crippen LogP contribution in [0.3, 0.4) is 0 Å². The molecule has 0 unspecified atom stereocenters. The molecule has 0 saturated carbocycles. The van der Waals surface area contributed by atoms with Gasteiger partial charge >= 0.3 is 0 Å². The Labute approximate surface area is 84.7 Å². The molecule has 2 amide bonds. The number of amides is 2. The Bertz CT molecular complexity index is 373. The minimum absolute atomic E-state index is 0.0473. The first-order chi connectivity index (χ1) is 6.50. The van der Waals surface area contributed by atoms with E-state index in [1.165, 1.54) is 19.2 Å². The number of carbonyl (C=O) groups excluding carboxylic acids is 2. The number of anilines is 2. The van der Waals surface area contributed by atoms with Crippen molar-refractivity contribution in [1.82, 2.24) is 0 Å². The molecule has 0 bridgehead atoms. The molecule has 0 atom stereocenters. The standard InChI is InChI=1S/C8H10N2O3S/c1-4(11)9-7-6(13)3-14-8(7)10-5(2)12/h3,13H,1-2H3,(H,9,11)(H,10,12). The maximum absolute atomic E-state index is 10.8. The Morgan fingerprint density at radius 2 is 1.86 bits per heavy atom. The van der Waals surface area contributed by atoms with Crippen LogP contribution >= 0.6 is 11.3 Å². The van der Waals surface area contributed by atoms with Gasteiger partial charge in [-0.05, 0) is 0 Å². The molecule has 0 aromatic carbocycles. The molecule has 1 aromatic rings. The molecule has 0 aliphatic rings. The number of thiophene rings is 1. The molecule has 1 aromatic heterocycles. The van der Waals surface area contributed by atoms with Crippen LogP contribution in [-0.4, -0.2) is 16.9 Å². The summed E-state index contributed by atoms with van der Waals surface area (Å²) in [5.74, 6) is -0.599. The highest BCUT2D eigenvalue weighted by atomic mass is 32.1. The van der Waals surface area contributed by atoms with Crippen LogP contribution in [0.5, 0.6) is 5.75 Å². The molecule has 6 heteroatoms. The van der Waals surface area contributed by atoms with Crippen molar-refractivity contribution in [2.45, 2.75) is 13.8 Å². The topological polar surface area (TPSA) is 78.4 Å². The fraction of sp³-hybridized carbons (Fsp3) is 0.250. The third-order valence-corrected chi connectivity index (χ3v) is 2.25. The van der Waals surface area contributed by atoms with Gasteiger partial charge in [0.2, 0.25) is 11.8 Å². The summed E-state index contributed by atoms with van der Waals surface area (Å²) in [6.45, 7) is 2.68. The van der Waals surface area contributed by atoms with Gasteiger partial charge in [-0.15, -0.1) is 11.3 Å². The van der Waals surface area contributed by atoms with E-state index in [-0.39, 0.29) is 23.3 Å². The quantitative estimate of drug-likeness (QED) is 0.695. The van der Waals surface area contributed by atoms with Crippen LogP contribution in [0.15, 0.2) is 5.38 Å². The second kappa shape index (κ2) is 4.10. The van der Waals surface area contributed by atoms with Crippen molar-refractivity contribution in [2.75, 3.05) is 10.6 Å². The number of nitrogens with one attached hydrogen (secondary N) is 2. The fourth-order valence-electron chi connectivity index (χ4n) is 0.898. The average molecular weight is 214 g/mol. The zero-order chi connectivity index (χ0) is 10.7. The molecule has 0 fully saturated rings. The van der Waals surface area contributed by atoms with E-state index in [0.29, 0.717) is 5.00 Å².